The lowest BCUT2D eigenvalue weighted by atomic mass is 9.91. The Labute approximate surface area is 253 Å². The van der Waals surface area contributed by atoms with E-state index in [4.69, 9.17) is 9.72 Å². The van der Waals surface area contributed by atoms with Crippen molar-refractivity contribution < 1.29 is 18.3 Å². The summed E-state index contributed by atoms with van der Waals surface area (Å²) in [6, 6.07) is 5.16. The van der Waals surface area contributed by atoms with Gasteiger partial charge in [0.2, 0.25) is 5.91 Å². The van der Waals surface area contributed by atoms with Gasteiger partial charge in [0.1, 0.15) is 28.9 Å². The SMILES string of the molecule is C=CC(=O)N1CCN(c2c(C#N)c(=O)n3c4nc(c(F)cc24)C2C(F)=CC=C[C@H]2OCCCc2ccnc(C(C)C)c2-3)CC1. The Balaban J connectivity index is 1.70. The largest absolute Gasteiger partial charge is 0.373 e. The summed E-state index contributed by atoms with van der Waals surface area (Å²) in [4.78, 5) is 39.5. The van der Waals surface area contributed by atoms with Gasteiger partial charge in [0, 0.05) is 44.4 Å². The van der Waals surface area contributed by atoms with E-state index in [0.29, 0.717) is 50.4 Å². The highest BCUT2D eigenvalue weighted by Gasteiger charge is 2.35. The molecule has 0 radical (unpaired) electrons. The predicted molar refractivity (Wildman–Crippen MR) is 162 cm³/mol. The molecule has 44 heavy (non-hydrogen) atoms. The molecule has 1 amide bonds. The monoisotopic (exact) mass is 598 g/mol. The van der Waals surface area contributed by atoms with Gasteiger partial charge in [0.05, 0.1) is 34.8 Å². The molecule has 2 atom stereocenters. The Morgan fingerprint density at radius 3 is 2.70 bits per heavy atom. The third-order valence-corrected chi connectivity index (χ3v) is 8.48. The highest BCUT2D eigenvalue weighted by molar-refractivity contribution is 5.94. The van der Waals surface area contributed by atoms with E-state index in [0.717, 1.165) is 5.56 Å². The van der Waals surface area contributed by atoms with Crippen LogP contribution in [0.3, 0.4) is 0 Å². The summed E-state index contributed by atoms with van der Waals surface area (Å²) >= 11 is 0. The Bertz CT molecular complexity index is 1830. The van der Waals surface area contributed by atoms with E-state index in [1.54, 1.807) is 23.2 Å². The Morgan fingerprint density at radius 2 is 2.00 bits per heavy atom. The highest BCUT2D eigenvalue weighted by Crippen LogP contribution is 2.39. The Morgan fingerprint density at radius 1 is 1.23 bits per heavy atom. The normalized spacial score (nSPS) is 20.0. The molecule has 1 aliphatic carbocycles. The number of piperazine rings is 1. The van der Waals surface area contributed by atoms with Gasteiger partial charge in [0.25, 0.3) is 5.56 Å². The average molecular weight is 599 g/mol. The number of ether oxygens (including phenoxy) is 1. The fraction of sp³-hybridized carbons (Fsp3) is 0.364. The first-order chi connectivity index (χ1) is 21.2. The van der Waals surface area contributed by atoms with Crippen molar-refractivity contribution in [1.82, 2.24) is 19.4 Å². The number of carbonyl (C=O) groups excluding carboxylic acids is 1. The van der Waals surface area contributed by atoms with Crippen molar-refractivity contribution in [3.05, 3.63) is 93.7 Å². The molecule has 0 spiro atoms. The van der Waals surface area contributed by atoms with E-state index in [1.807, 2.05) is 24.8 Å². The van der Waals surface area contributed by atoms with Crippen LogP contribution in [0.2, 0.25) is 0 Å². The zero-order valence-corrected chi connectivity index (χ0v) is 24.6. The van der Waals surface area contributed by atoms with Crippen LogP contribution in [-0.2, 0) is 16.0 Å². The number of hydrogen-bond acceptors (Lipinski definition) is 7. The molecule has 3 aromatic heterocycles. The molecule has 226 valence electrons. The smallest absolute Gasteiger partial charge is 0.276 e. The van der Waals surface area contributed by atoms with Crippen LogP contribution in [-0.4, -0.2) is 64.2 Å². The standard InChI is InChI=1S/C33H32F2N6O3/c1-4-26(42)39-12-14-40(15-13-39)31-21-17-24(35)29-27-23(34)8-5-9-25(27)44-16-6-7-20-10-11-37-28(19(2)3)30(20)41(32(21)38-29)33(43)22(31)18-36/h4-5,8-11,17,19,25,27H,1,6-7,12-16H2,2-3H3/t25-,27?/m1/s1. The predicted octanol–water partition coefficient (Wildman–Crippen LogP) is 4.59. The number of pyridine rings is 3. The molecule has 1 saturated heterocycles. The molecule has 2 bridgehead atoms. The van der Waals surface area contributed by atoms with Crippen molar-refractivity contribution in [3.8, 4) is 11.8 Å². The second-order valence-corrected chi connectivity index (χ2v) is 11.4. The fourth-order valence-corrected chi connectivity index (χ4v) is 6.36. The van der Waals surface area contributed by atoms with Crippen LogP contribution in [0.5, 0.6) is 0 Å². The zero-order valence-electron chi connectivity index (χ0n) is 24.6. The van der Waals surface area contributed by atoms with Crippen LogP contribution in [0, 0.1) is 17.1 Å². The van der Waals surface area contributed by atoms with E-state index < -0.39 is 29.2 Å². The summed E-state index contributed by atoms with van der Waals surface area (Å²) in [6.07, 6.45) is 7.69. The van der Waals surface area contributed by atoms with Gasteiger partial charge in [-0.2, -0.15) is 5.26 Å². The maximum absolute atomic E-state index is 16.2. The van der Waals surface area contributed by atoms with Gasteiger partial charge in [-0.15, -0.1) is 0 Å². The third-order valence-electron chi connectivity index (χ3n) is 8.48. The van der Waals surface area contributed by atoms with Gasteiger partial charge in [-0.3, -0.25) is 19.1 Å². The third kappa shape index (κ3) is 4.89. The van der Waals surface area contributed by atoms with Gasteiger partial charge in [-0.25, -0.2) is 13.8 Å². The molecule has 2 aliphatic heterocycles. The topological polar surface area (TPSA) is 104 Å². The minimum Gasteiger partial charge on any atom is -0.373 e. The van der Waals surface area contributed by atoms with Crippen molar-refractivity contribution in [2.75, 3.05) is 37.7 Å². The number of fused-ring (bicyclic) bond motifs is 5. The van der Waals surface area contributed by atoms with Crippen molar-refractivity contribution in [3.63, 3.8) is 0 Å². The number of aromatic nitrogens is 3. The molecule has 6 rings (SSSR count). The minimum atomic E-state index is -1.15. The lowest BCUT2D eigenvalue weighted by Gasteiger charge is -2.37. The number of anilines is 1. The van der Waals surface area contributed by atoms with Crippen molar-refractivity contribution in [2.24, 2.45) is 0 Å². The van der Waals surface area contributed by atoms with Gasteiger partial charge in [-0.1, -0.05) is 32.6 Å². The first-order valence-corrected chi connectivity index (χ1v) is 14.7. The molecule has 5 heterocycles. The van der Waals surface area contributed by atoms with Gasteiger partial charge in [-0.05, 0) is 48.6 Å². The number of nitrogens with zero attached hydrogens (tertiary/aromatic N) is 6. The molecule has 3 aromatic rings. The van der Waals surface area contributed by atoms with Crippen LogP contribution in [0.1, 0.15) is 54.6 Å². The summed E-state index contributed by atoms with van der Waals surface area (Å²) < 4.78 is 39.1. The van der Waals surface area contributed by atoms with Crippen molar-refractivity contribution in [1.29, 1.82) is 5.26 Å². The number of hydrogen-bond donors (Lipinski definition) is 0. The number of rotatable bonds is 3. The summed E-state index contributed by atoms with van der Waals surface area (Å²) in [5.41, 5.74) is 1.27. The van der Waals surface area contributed by atoms with E-state index in [2.05, 4.69) is 17.6 Å². The van der Waals surface area contributed by atoms with E-state index in [1.165, 1.54) is 22.8 Å². The first kappa shape index (κ1) is 29.4. The second kappa shape index (κ2) is 11.8. The lowest BCUT2D eigenvalue weighted by molar-refractivity contribution is -0.126. The summed E-state index contributed by atoms with van der Waals surface area (Å²) in [5.74, 6) is -2.86. The van der Waals surface area contributed by atoms with Gasteiger partial charge in [0.15, 0.2) is 0 Å². The lowest BCUT2D eigenvalue weighted by Crippen LogP contribution is -2.49. The average Bonchev–Trinajstić information content (AvgIpc) is 3.02. The summed E-state index contributed by atoms with van der Waals surface area (Å²) in [6.45, 7) is 8.97. The van der Waals surface area contributed by atoms with Crippen LogP contribution in [0.4, 0.5) is 14.5 Å². The van der Waals surface area contributed by atoms with Crippen LogP contribution in [0.15, 0.2) is 59.8 Å². The Kier molecular flexibility index (Phi) is 7.86. The maximum Gasteiger partial charge on any atom is 0.276 e. The molecule has 1 fully saturated rings. The molecule has 11 heteroatoms. The highest BCUT2D eigenvalue weighted by atomic mass is 19.1. The van der Waals surface area contributed by atoms with Crippen molar-refractivity contribution in [2.45, 2.75) is 44.6 Å². The van der Waals surface area contributed by atoms with Gasteiger partial charge < -0.3 is 14.5 Å². The molecular weight excluding hydrogens is 566 g/mol. The minimum absolute atomic E-state index is 0.0998. The van der Waals surface area contributed by atoms with Gasteiger partial charge >= 0.3 is 0 Å². The molecular formula is C33H32F2N6O3. The maximum atomic E-state index is 16.2. The van der Waals surface area contributed by atoms with Crippen LogP contribution in [0.25, 0.3) is 16.7 Å². The Hall–Kier alpha value is -4.69. The summed E-state index contributed by atoms with van der Waals surface area (Å²) in [7, 11) is 0. The second-order valence-electron chi connectivity index (χ2n) is 11.4. The molecule has 1 unspecified atom stereocenters. The zero-order chi connectivity index (χ0) is 31.1. The number of allylic oxidation sites excluding steroid dienone is 2. The van der Waals surface area contributed by atoms with E-state index in [-0.39, 0.29) is 46.4 Å². The van der Waals surface area contributed by atoms with Crippen LogP contribution < -0.4 is 10.5 Å². The number of nitriles is 1. The number of amides is 1. The first-order valence-electron chi connectivity index (χ1n) is 14.7. The van der Waals surface area contributed by atoms with E-state index >= 15 is 8.78 Å². The fourth-order valence-electron chi connectivity index (χ4n) is 6.36. The van der Waals surface area contributed by atoms with Crippen molar-refractivity contribution >= 4 is 22.6 Å². The molecule has 9 nitrogen and oxygen atoms in total. The molecule has 0 N–H and O–H groups in total. The molecule has 3 aliphatic rings. The number of aryl methyl sites for hydroxylation is 1. The summed E-state index contributed by atoms with van der Waals surface area (Å²) in [5, 5.41) is 10.7. The molecule has 0 aromatic carbocycles. The molecule has 0 saturated carbocycles. The van der Waals surface area contributed by atoms with E-state index in [9.17, 15) is 14.9 Å². The number of carbonyl (C=O) groups is 1. The number of halogens is 2. The van der Waals surface area contributed by atoms with Crippen LogP contribution >= 0.6 is 0 Å². The quantitative estimate of drug-likeness (QED) is 0.407.